The van der Waals surface area contributed by atoms with Crippen LogP contribution in [0.15, 0.2) is 0 Å². The Morgan fingerprint density at radius 1 is 1.50 bits per heavy atom. The fraction of sp³-hybridized carbons (Fsp3) is 0.750. The summed E-state index contributed by atoms with van der Waals surface area (Å²) in [6.07, 6.45) is 2.17. The Hall–Kier alpha value is -0.900. The molecule has 1 N–H and O–H groups in total. The van der Waals surface area contributed by atoms with E-state index >= 15 is 0 Å². The van der Waals surface area contributed by atoms with E-state index in [4.69, 9.17) is 0 Å². The van der Waals surface area contributed by atoms with E-state index < -0.39 is 0 Å². The van der Waals surface area contributed by atoms with Gasteiger partial charge in [-0.25, -0.2) is 0 Å². The van der Waals surface area contributed by atoms with Crippen LogP contribution in [-0.4, -0.2) is 26.2 Å². The Labute approximate surface area is 71.2 Å². The van der Waals surface area contributed by atoms with E-state index in [9.17, 15) is 5.11 Å². The number of nitrogens with zero attached hydrogens (tertiary/aromatic N) is 3. The van der Waals surface area contributed by atoms with Gasteiger partial charge in [-0.15, -0.1) is 0 Å². The lowest BCUT2D eigenvalue weighted by atomic mass is 9.99. The van der Waals surface area contributed by atoms with Crippen LogP contribution < -0.4 is 0 Å². The molecule has 0 aliphatic heterocycles. The summed E-state index contributed by atoms with van der Waals surface area (Å²) in [4.78, 5) is 1.70. The Balaban J connectivity index is 2.28. The quantitative estimate of drug-likeness (QED) is 0.647. The molecular formula is C8H13N3O. The van der Waals surface area contributed by atoms with Gasteiger partial charge in [0.05, 0.1) is 24.0 Å². The molecule has 2 rings (SSSR count). The largest absolute Gasteiger partial charge is 0.393 e. The van der Waals surface area contributed by atoms with E-state index in [1.54, 1.807) is 4.80 Å². The number of aliphatic hydroxyl groups excluding tert-OH is 1. The van der Waals surface area contributed by atoms with E-state index in [1.807, 2.05) is 6.92 Å². The molecule has 0 radical (unpaired) electrons. The summed E-state index contributed by atoms with van der Waals surface area (Å²) >= 11 is 0. The van der Waals surface area contributed by atoms with Crippen molar-refractivity contribution in [1.82, 2.24) is 15.0 Å². The van der Waals surface area contributed by atoms with Crippen molar-refractivity contribution in [3.05, 3.63) is 11.4 Å². The van der Waals surface area contributed by atoms with Crippen molar-refractivity contribution < 1.29 is 5.11 Å². The lowest BCUT2D eigenvalue weighted by molar-refractivity contribution is 0.157. The number of aryl methyl sites for hydroxylation is 2. The van der Waals surface area contributed by atoms with Crippen molar-refractivity contribution in [2.75, 3.05) is 0 Å². The highest BCUT2D eigenvalue weighted by atomic mass is 16.3. The van der Waals surface area contributed by atoms with Crippen molar-refractivity contribution in [1.29, 1.82) is 0 Å². The van der Waals surface area contributed by atoms with Crippen LogP contribution in [0, 0.1) is 0 Å². The predicted molar refractivity (Wildman–Crippen MR) is 43.7 cm³/mol. The molecule has 0 saturated carbocycles. The third kappa shape index (κ3) is 1.22. The van der Waals surface area contributed by atoms with E-state index in [-0.39, 0.29) is 6.10 Å². The molecule has 0 spiro atoms. The first-order chi connectivity index (χ1) is 5.79. The Morgan fingerprint density at radius 2 is 2.25 bits per heavy atom. The van der Waals surface area contributed by atoms with Crippen LogP contribution in [0.5, 0.6) is 0 Å². The molecule has 1 aromatic heterocycles. The SMILES string of the molecule is CCn1nc2c(n1)CC(O)CC2. The molecule has 1 atom stereocenters. The van der Waals surface area contributed by atoms with Crippen molar-refractivity contribution in [2.45, 2.75) is 38.8 Å². The first-order valence-corrected chi connectivity index (χ1v) is 4.40. The monoisotopic (exact) mass is 167 g/mol. The summed E-state index contributed by atoms with van der Waals surface area (Å²) in [5.74, 6) is 0. The van der Waals surface area contributed by atoms with Gasteiger partial charge < -0.3 is 5.11 Å². The Morgan fingerprint density at radius 3 is 3.00 bits per heavy atom. The molecule has 12 heavy (non-hydrogen) atoms. The molecule has 4 heteroatoms. The van der Waals surface area contributed by atoms with Crippen LogP contribution in [0.25, 0.3) is 0 Å². The number of rotatable bonds is 1. The molecule has 0 saturated heterocycles. The second-order valence-corrected chi connectivity index (χ2v) is 3.18. The highest BCUT2D eigenvalue weighted by Gasteiger charge is 2.20. The molecule has 1 unspecified atom stereocenters. The summed E-state index contributed by atoms with van der Waals surface area (Å²) < 4.78 is 0. The molecule has 1 aliphatic rings. The van der Waals surface area contributed by atoms with Crippen LogP contribution in [-0.2, 0) is 19.4 Å². The zero-order valence-corrected chi connectivity index (χ0v) is 7.19. The van der Waals surface area contributed by atoms with Crippen LogP contribution in [0.1, 0.15) is 24.7 Å². The number of hydrogen-bond donors (Lipinski definition) is 1. The van der Waals surface area contributed by atoms with Crippen molar-refractivity contribution in [3.8, 4) is 0 Å². The molecule has 4 nitrogen and oxygen atoms in total. The van der Waals surface area contributed by atoms with Gasteiger partial charge in [-0.05, 0) is 19.8 Å². The third-order valence-electron chi connectivity index (χ3n) is 2.23. The highest BCUT2D eigenvalue weighted by molar-refractivity contribution is 5.13. The van der Waals surface area contributed by atoms with Gasteiger partial charge in [0.1, 0.15) is 0 Å². The molecule has 0 aromatic carbocycles. The molecule has 1 aliphatic carbocycles. The zero-order valence-electron chi connectivity index (χ0n) is 7.19. The summed E-state index contributed by atoms with van der Waals surface area (Å²) in [6.45, 7) is 2.82. The van der Waals surface area contributed by atoms with Crippen molar-refractivity contribution >= 4 is 0 Å². The lowest BCUT2D eigenvalue weighted by Gasteiger charge is -2.13. The molecule has 66 valence electrons. The lowest BCUT2D eigenvalue weighted by Crippen LogP contribution is -2.18. The van der Waals surface area contributed by atoms with Gasteiger partial charge in [-0.3, -0.25) is 0 Å². The van der Waals surface area contributed by atoms with Gasteiger partial charge in [-0.1, -0.05) is 0 Å². The summed E-state index contributed by atoms with van der Waals surface area (Å²) in [5.41, 5.74) is 2.05. The van der Waals surface area contributed by atoms with Crippen molar-refractivity contribution in [3.63, 3.8) is 0 Å². The fourth-order valence-electron chi connectivity index (χ4n) is 1.54. The van der Waals surface area contributed by atoms with Gasteiger partial charge in [0, 0.05) is 6.42 Å². The summed E-state index contributed by atoms with van der Waals surface area (Å²) in [6, 6.07) is 0. The molecule has 1 aromatic rings. The van der Waals surface area contributed by atoms with Crippen LogP contribution in [0.3, 0.4) is 0 Å². The minimum absolute atomic E-state index is 0.209. The minimum Gasteiger partial charge on any atom is -0.393 e. The number of aromatic nitrogens is 3. The summed E-state index contributed by atoms with van der Waals surface area (Å²) in [5, 5.41) is 17.9. The number of fused-ring (bicyclic) bond motifs is 1. The standard InChI is InChI=1S/C8H13N3O/c1-2-11-9-7-4-3-6(12)5-8(7)10-11/h6,12H,2-5H2,1H3. The van der Waals surface area contributed by atoms with E-state index in [2.05, 4.69) is 10.2 Å². The Bertz CT molecular complexity index is 282. The van der Waals surface area contributed by atoms with Gasteiger partial charge in [-0.2, -0.15) is 15.0 Å². The second-order valence-electron chi connectivity index (χ2n) is 3.18. The highest BCUT2D eigenvalue weighted by Crippen LogP contribution is 2.17. The maximum atomic E-state index is 9.36. The molecular weight excluding hydrogens is 154 g/mol. The molecule has 0 amide bonds. The topological polar surface area (TPSA) is 50.9 Å². The normalized spacial score (nSPS) is 22.3. The fourth-order valence-corrected chi connectivity index (χ4v) is 1.54. The van der Waals surface area contributed by atoms with Gasteiger partial charge in [0.15, 0.2) is 0 Å². The number of aliphatic hydroxyl groups is 1. The first kappa shape index (κ1) is 7.73. The van der Waals surface area contributed by atoms with Crippen LogP contribution in [0.2, 0.25) is 0 Å². The third-order valence-corrected chi connectivity index (χ3v) is 2.23. The minimum atomic E-state index is -0.209. The van der Waals surface area contributed by atoms with Gasteiger partial charge in [0.25, 0.3) is 0 Å². The average molecular weight is 167 g/mol. The first-order valence-electron chi connectivity index (χ1n) is 4.40. The predicted octanol–water partition coefficient (Wildman–Crippen LogP) is 0.148. The maximum absolute atomic E-state index is 9.36. The molecule has 0 bridgehead atoms. The smallest absolute Gasteiger partial charge is 0.0885 e. The van der Waals surface area contributed by atoms with Gasteiger partial charge >= 0.3 is 0 Å². The van der Waals surface area contributed by atoms with Crippen LogP contribution in [0.4, 0.5) is 0 Å². The van der Waals surface area contributed by atoms with E-state index in [0.717, 1.165) is 30.8 Å². The summed E-state index contributed by atoms with van der Waals surface area (Å²) in [7, 11) is 0. The van der Waals surface area contributed by atoms with Gasteiger partial charge in [0.2, 0.25) is 0 Å². The molecule has 0 fully saturated rings. The Kier molecular flexibility index (Phi) is 1.84. The van der Waals surface area contributed by atoms with E-state index in [1.165, 1.54) is 0 Å². The van der Waals surface area contributed by atoms with Crippen molar-refractivity contribution in [2.24, 2.45) is 0 Å². The zero-order chi connectivity index (χ0) is 8.55. The van der Waals surface area contributed by atoms with Crippen LogP contribution >= 0.6 is 0 Å². The molecule has 1 heterocycles. The second kappa shape index (κ2) is 2.86. The maximum Gasteiger partial charge on any atom is 0.0885 e. The number of hydrogen-bond acceptors (Lipinski definition) is 3. The average Bonchev–Trinajstić information content (AvgIpc) is 2.46. The van der Waals surface area contributed by atoms with E-state index in [0.29, 0.717) is 6.42 Å².